The number of nitrogens with one attached hydrogen (secondary N) is 1. The average Bonchev–Trinajstić information content (AvgIpc) is 2.58. The minimum Gasteiger partial charge on any atom is -0.307 e. The molecule has 3 heteroatoms. The van der Waals surface area contributed by atoms with Crippen molar-refractivity contribution in [2.75, 3.05) is 0 Å². The Hall–Kier alpha value is -0.410. The van der Waals surface area contributed by atoms with Crippen molar-refractivity contribution >= 4 is 11.3 Å². The molecule has 0 aromatic carbocycles. The van der Waals surface area contributed by atoms with Gasteiger partial charge in [-0.15, -0.1) is 11.3 Å². The third-order valence-electron chi connectivity index (χ3n) is 2.62. The fourth-order valence-electron chi connectivity index (χ4n) is 2.31. The van der Waals surface area contributed by atoms with Crippen LogP contribution in [0.1, 0.15) is 57.8 Å². The molecule has 0 saturated carbocycles. The van der Waals surface area contributed by atoms with E-state index in [0.717, 1.165) is 13.0 Å². The average molecular weight is 254 g/mol. The number of aromatic nitrogens is 1. The van der Waals surface area contributed by atoms with Crippen LogP contribution in [0.4, 0.5) is 0 Å². The van der Waals surface area contributed by atoms with Crippen molar-refractivity contribution in [1.82, 2.24) is 10.3 Å². The first-order valence-electron chi connectivity index (χ1n) is 6.40. The molecule has 0 unspecified atom stereocenters. The summed E-state index contributed by atoms with van der Waals surface area (Å²) in [4.78, 5) is 5.73. The lowest BCUT2D eigenvalue weighted by Gasteiger charge is -2.33. The second-order valence-electron chi connectivity index (χ2n) is 6.55. The van der Waals surface area contributed by atoms with Crippen molar-refractivity contribution in [2.45, 2.75) is 66.5 Å². The Morgan fingerprint density at radius 3 is 2.35 bits per heavy atom. The summed E-state index contributed by atoms with van der Waals surface area (Å²) in [6.45, 7) is 14.5. The van der Waals surface area contributed by atoms with Gasteiger partial charge in [0, 0.05) is 23.2 Å². The Kier molecular flexibility index (Phi) is 4.73. The summed E-state index contributed by atoms with van der Waals surface area (Å²) < 4.78 is 0. The summed E-state index contributed by atoms with van der Waals surface area (Å²) in [6.07, 6.45) is 4.21. The molecule has 2 nitrogen and oxygen atoms in total. The molecule has 1 rings (SSSR count). The quantitative estimate of drug-likeness (QED) is 0.859. The van der Waals surface area contributed by atoms with E-state index in [2.05, 4.69) is 51.8 Å². The Balaban J connectivity index is 2.49. The molecular weight excluding hydrogens is 228 g/mol. The summed E-state index contributed by atoms with van der Waals surface area (Å²) >= 11 is 1.82. The monoisotopic (exact) mass is 254 g/mol. The Bertz CT molecular complexity index is 347. The fourth-order valence-corrected chi connectivity index (χ4v) is 3.11. The molecule has 0 amide bonds. The Labute approximate surface area is 110 Å². The van der Waals surface area contributed by atoms with Gasteiger partial charge in [-0.2, -0.15) is 0 Å². The van der Waals surface area contributed by atoms with Gasteiger partial charge < -0.3 is 5.32 Å². The van der Waals surface area contributed by atoms with Gasteiger partial charge in [0.2, 0.25) is 0 Å². The zero-order valence-electron chi connectivity index (χ0n) is 12.1. The van der Waals surface area contributed by atoms with E-state index in [0.29, 0.717) is 5.41 Å². The van der Waals surface area contributed by atoms with Crippen LogP contribution >= 0.6 is 11.3 Å². The molecule has 17 heavy (non-hydrogen) atoms. The molecule has 1 N–H and O–H groups in total. The van der Waals surface area contributed by atoms with Crippen molar-refractivity contribution in [2.24, 2.45) is 5.41 Å². The number of nitrogens with zero attached hydrogens (tertiary/aromatic N) is 1. The van der Waals surface area contributed by atoms with Gasteiger partial charge in [-0.05, 0) is 32.1 Å². The molecule has 98 valence electrons. The molecule has 1 aromatic rings. The third kappa shape index (κ3) is 5.64. The van der Waals surface area contributed by atoms with Crippen LogP contribution in [-0.4, -0.2) is 10.5 Å². The number of rotatable bonds is 5. The highest BCUT2D eigenvalue weighted by Gasteiger charge is 2.24. The van der Waals surface area contributed by atoms with Crippen LogP contribution in [0.5, 0.6) is 0 Å². The van der Waals surface area contributed by atoms with E-state index in [1.165, 1.54) is 16.3 Å². The van der Waals surface area contributed by atoms with E-state index in [1.54, 1.807) is 0 Å². The summed E-state index contributed by atoms with van der Waals surface area (Å²) in [7, 11) is 0. The molecular formula is C14H26N2S. The normalized spacial score (nSPS) is 13.1. The lowest BCUT2D eigenvalue weighted by atomic mass is 9.82. The van der Waals surface area contributed by atoms with Gasteiger partial charge in [0.25, 0.3) is 0 Å². The third-order valence-corrected chi connectivity index (χ3v) is 3.76. The smallest absolute Gasteiger partial charge is 0.0925 e. The van der Waals surface area contributed by atoms with E-state index in [9.17, 15) is 0 Å². The summed E-state index contributed by atoms with van der Waals surface area (Å²) in [5.41, 5.74) is 0.535. The van der Waals surface area contributed by atoms with E-state index in [4.69, 9.17) is 0 Å². The SMILES string of the molecule is CCc1ncc(CNC(C)(C)CC(C)(C)C)s1. The highest BCUT2D eigenvalue weighted by Crippen LogP contribution is 2.27. The molecule has 0 fully saturated rings. The molecule has 0 aliphatic carbocycles. The number of hydrogen-bond acceptors (Lipinski definition) is 3. The van der Waals surface area contributed by atoms with Crippen molar-refractivity contribution < 1.29 is 0 Å². The lowest BCUT2D eigenvalue weighted by molar-refractivity contribution is 0.241. The van der Waals surface area contributed by atoms with Crippen molar-refractivity contribution in [3.05, 3.63) is 16.1 Å². The first-order valence-corrected chi connectivity index (χ1v) is 7.22. The molecule has 1 aromatic heterocycles. The van der Waals surface area contributed by atoms with Gasteiger partial charge in [-0.1, -0.05) is 27.7 Å². The van der Waals surface area contributed by atoms with Crippen molar-refractivity contribution in [3.8, 4) is 0 Å². The minimum absolute atomic E-state index is 0.175. The van der Waals surface area contributed by atoms with E-state index in [-0.39, 0.29) is 5.54 Å². The molecule has 0 bridgehead atoms. The van der Waals surface area contributed by atoms with Gasteiger partial charge in [0.1, 0.15) is 0 Å². The van der Waals surface area contributed by atoms with Crippen LogP contribution < -0.4 is 5.32 Å². The highest BCUT2D eigenvalue weighted by atomic mass is 32.1. The van der Waals surface area contributed by atoms with E-state index < -0.39 is 0 Å². The van der Waals surface area contributed by atoms with Gasteiger partial charge in [-0.25, -0.2) is 4.98 Å². The number of aryl methyl sites for hydroxylation is 1. The largest absolute Gasteiger partial charge is 0.307 e. The predicted octanol–water partition coefficient (Wildman–Crippen LogP) is 4.01. The second kappa shape index (κ2) is 5.49. The zero-order chi connectivity index (χ0) is 13.1. The van der Waals surface area contributed by atoms with Crippen LogP contribution in [0.25, 0.3) is 0 Å². The summed E-state index contributed by atoms with van der Waals surface area (Å²) in [6, 6.07) is 0. The Morgan fingerprint density at radius 2 is 1.88 bits per heavy atom. The highest BCUT2D eigenvalue weighted by molar-refractivity contribution is 7.11. The van der Waals surface area contributed by atoms with Crippen molar-refractivity contribution in [1.29, 1.82) is 0 Å². The maximum Gasteiger partial charge on any atom is 0.0925 e. The molecule has 0 atom stereocenters. The van der Waals surface area contributed by atoms with Crippen LogP contribution in [-0.2, 0) is 13.0 Å². The fraction of sp³-hybridized carbons (Fsp3) is 0.786. The molecule has 0 radical (unpaired) electrons. The zero-order valence-corrected chi connectivity index (χ0v) is 12.9. The minimum atomic E-state index is 0.175. The van der Waals surface area contributed by atoms with Crippen molar-refractivity contribution in [3.63, 3.8) is 0 Å². The summed E-state index contributed by atoms with van der Waals surface area (Å²) in [5.74, 6) is 0. The maximum atomic E-state index is 4.39. The molecule has 0 aliphatic rings. The van der Waals surface area contributed by atoms with E-state index >= 15 is 0 Å². The molecule has 1 heterocycles. The molecule has 0 spiro atoms. The number of thiazole rings is 1. The topological polar surface area (TPSA) is 24.9 Å². The van der Waals surface area contributed by atoms with Gasteiger partial charge in [-0.3, -0.25) is 0 Å². The standard InChI is InChI=1S/C14H26N2S/c1-7-12-15-8-11(17-12)9-16-14(5,6)10-13(2,3)4/h8,16H,7,9-10H2,1-6H3. The van der Waals surface area contributed by atoms with E-state index in [1.807, 2.05) is 17.5 Å². The van der Waals surface area contributed by atoms with Gasteiger partial charge >= 0.3 is 0 Å². The van der Waals surface area contributed by atoms with Crippen LogP contribution in [0.2, 0.25) is 0 Å². The predicted molar refractivity (Wildman–Crippen MR) is 76.5 cm³/mol. The first-order chi connectivity index (χ1) is 7.72. The van der Waals surface area contributed by atoms with Crippen LogP contribution in [0.3, 0.4) is 0 Å². The molecule has 0 saturated heterocycles. The lowest BCUT2D eigenvalue weighted by Crippen LogP contribution is -2.41. The van der Waals surface area contributed by atoms with Crippen LogP contribution in [0.15, 0.2) is 6.20 Å². The molecule has 0 aliphatic heterocycles. The number of hydrogen-bond donors (Lipinski definition) is 1. The van der Waals surface area contributed by atoms with Gasteiger partial charge in [0.05, 0.1) is 5.01 Å². The second-order valence-corrected chi connectivity index (χ2v) is 7.75. The maximum absolute atomic E-state index is 4.39. The Morgan fingerprint density at radius 1 is 1.24 bits per heavy atom. The first kappa shape index (κ1) is 14.7. The van der Waals surface area contributed by atoms with Crippen LogP contribution in [0, 0.1) is 5.41 Å². The summed E-state index contributed by atoms with van der Waals surface area (Å²) in [5, 5.41) is 4.87. The van der Waals surface area contributed by atoms with Gasteiger partial charge in [0.15, 0.2) is 0 Å².